The van der Waals surface area contributed by atoms with Gasteiger partial charge in [-0.05, 0) is 61.1 Å². The zero-order valence-corrected chi connectivity index (χ0v) is 13.3. The van der Waals surface area contributed by atoms with Crippen molar-refractivity contribution in [1.82, 2.24) is 0 Å². The van der Waals surface area contributed by atoms with E-state index >= 15 is 0 Å². The van der Waals surface area contributed by atoms with Crippen molar-refractivity contribution in [2.75, 3.05) is 0 Å². The van der Waals surface area contributed by atoms with Gasteiger partial charge in [0.1, 0.15) is 0 Å². The summed E-state index contributed by atoms with van der Waals surface area (Å²) < 4.78 is 0. The minimum absolute atomic E-state index is 0.378. The first-order valence-electron chi connectivity index (χ1n) is 7.38. The maximum Gasteiger partial charge on any atom is 0.234 e. The maximum atomic E-state index is 12.1. The molecule has 3 aromatic carbocycles. The van der Waals surface area contributed by atoms with Crippen LogP contribution in [-0.4, -0.2) is 0 Å². The normalized spacial score (nSPS) is 11.1. The summed E-state index contributed by atoms with van der Waals surface area (Å²) in [5, 5.41) is 0. The van der Waals surface area contributed by atoms with E-state index in [-0.39, 0.29) is 10.9 Å². The molecule has 22 heavy (non-hydrogen) atoms. The molecule has 0 spiro atoms. The molecule has 0 unspecified atom stereocenters. The summed E-state index contributed by atoms with van der Waals surface area (Å²) in [5.74, 6) is 0. The third-order valence-corrected chi connectivity index (χ3v) is 4.50. The lowest BCUT2D eigenvalue weighted by Gasteiger charge is -2.14. The molecule has 0 N–H and O–H groups in total. The molecule has 0 aliphatic rings. The molecule has 110 valence electrons. The molecule has 3 rings (SSSR count). The Bertz CT molecular complexity index is 875. The molecule has 0 aliphatic carbocycles. The van der Waals surface area contributed by atoms with E-state index in [9.17, 15) is 9.59 Å². The van der Waals surface area contributed by atoms with Gasteiger partial charge in [-0.25, -0.2) is 0 Å². The zero-order valence-electron chi connectivity index (χ0n) is 13.3. The van der Waals surface area contributed by atoms with Gasteiger partial charge >= 0.3 is 0 Å². The minimum atomic E-state index is -0.378. The SMILES string of the molecule is Cc1ccc(-c2c(-c3ccc(C)c(C)c3)c(=O)c2=O)cc1C. The highest BCUT2D eigenvalue weighted by Crippen LogP contribution is 2.30. The van der Waals surface area contributed by atoms with Crippen molar-refractivity contribution >= 4 is 0 Å². The molecule has 0 aliphatic heterocycles. The van der Waals surface area contributed by atoms with Gasteiger partial charge in [0.05, 0.1) is 0 Å². The Hall–Kier alpha value is -2.48. The molecule has 0 radical (unpaired) electrons. The highest BCUT2D eigenvalue weighted by Gasteiger charge is 2.23. The molecule has 2 nitrogen and oxygen atoms in total. The van der Waals surface area contributed by atoms with E-state index in [1.165, 1.54) is 11.1 Å². The number of hydrogen-bond donors (Lipinski definition) is 0. The topological polar surface area (TPSA) is 34.1 Å². The second-order valence-electron chi connectivity index (χ2n) is 6.01. The van der Waals surface area contributed by atoms with Crippen molar-refractivity contribution in [3.63, 3.8) is 0 Å². The first-order chi connectivity index (χ1) is 10.4. The average Bonchev–Trinajstić information content (AvgIpc) is 2.50. The van der Waals surface area contributed by atoms with Gasteiger partial charge in [0, 0.05) is 11.1 Å². The fourth-order valence-corrected chi connectivity index (χ4v) is 2.74. The molecule has 0 saturated heterocycles. The Morgan fingerprint density at radius 3 is 1.23 bits per heavy atom. The van der Waals surface area contributed by atoms with Crippen LogP contribution in [0.3, 0.4) is 0 Å². The van der Waals surface area contributed by atoms with Crippen LogP contribution in [0.2, 0.25) is 0 Å². The van der Waals surface area contributed by atoms with Gasteiger partial charge in [-0.3, -0.25) is 9.59 Å². The molecule has 0 aromatic heterocycles. The average molecular weight is 290 g/mol. The third kappa shape index (κ3) is 2.12. The van der Waals surface area contributed by atoms with Crippen LogP contribution in [0.15, 0.2) is 46.0 Å². The summed E-state index contributed by atoms with van der Waals surface area (Å²) in [6, 6.07) is 11.8. The molecular weight excluding hydrogens is 272 g/mol. The van der Waals surface area contributed by atoms with Crippen LogP contribution >= 0.6 is 0 Å². The molecule has 3 aromatic rings. The summed E-state index contributed by atoms with van der Waals surface area (Å²) in [6.45, 7) is 8.09. The standard InChI is InChI=1S/C20H18O2/c1-11-5-7-15(9-13(11)3)17-18(20(22)19(17)21)16-8-6-12(2)14(4)10-16/h5-10H,1-4H3. The van der Waals surface area contributed by atoms with Crippen LogP contribution in [0.1, 0.15) is 22.3 Å². The summed E-state index contributed by atoms with van der Waals surface area (Å²) in [6.07, 6.45) is 0. The van der Waals surface area contributed by atoms with E-state index in [1.54, 1.807) is 0 Å². The van der Waals surface area contributed by atoms with Crippen LogP contribution in [0.25, 0.3) is 22.3 Å². The van der Waals surface area contributed by atoms with Crippen molar-refractivity contribution in [2.45, 2.75) is 27.7 Å². The van der Waals surface area contributed by atoms with Crippen LogP contribution in [0.5, 0.6) is 0 Å². The highest BCUT2D eigenvalue weighted by atomic mass is 16.2. The van der Waals surface area contributed by atoms with Crippen molar-refractivity contribution in [1.29, 1.82) is 0 Å². The van der Waals surface area contributed by atoms with Crippen LogP contribution in [0, 0.1) is 27.7 Å². The Kier molecular flexibility index (Phi) is 3.32. The lowest BCUT2D eigenvalue weighted by atomic mass is 9.87. The number of rotatable bonds is 2. The molecule has 0 heterocycles. The number of benzene rings is 2. The molecule has 0 atom stereocenters. The van der Waals surface area contributed by atoms with Gasteiger partial charge in [-0.15, -0.1) is 0 Å². The highest BCUT2D eigenvalue weighted by molar-refractivity contribution is 5.87. The number of hydrogen-bond acceptors (Lipinski definition) is 2. The first kappa shape index (κ1) is 14.5. The van der Waals surface area contributed by atoms with E-state index in [4.69, 9.17) is 0 Å². The van der Waals surface area contributed by atoms with Crippen molar-refractivity contribution in [3.8, 4) is 22.3 Å². The van der Waals surface area contributed by atoms with Crippen LogP contribution < -0.4 is 10.9 Å². The van der Waals surface area contributed by atoms with Gasteiger partial charge in [0.2, 0.25) is 10.9 Å². The predicted molar refractivity (Wildman–Crippen MR) is 91.2 cm³/mol. The smallest absolute Gasteiger partial charge is 0.234 e. The van der Waals surface area contributed by atoms with E-state index < -0.39 is 0 Å². The van der Waals surface area contributed by atoms with Gasteiger partial charge in [0.25, 0.3) is 0 Å². The number of aryl methyl sites for hydroxylation is 4. The Morgan fingerprint density at radius 2 is 0.909 bits per heavy atom. The van der Waals surface area contributed by atoms with Crippen molar-refractivity contribution < 1.29 is 0 Å². The fourth-order valence-electron chi connectivity index (χ4n) is 2.74. The molecular formula is C20H18O2. The molecule has 0 fully saturated rings. The first-order valence-corrected chi connectivity index (χ1v) is 7.38. The van der Waals surface area contributed by atoms with E-state index in [0.29, 0.717) is 11.1 Å². The quantitative estimate of drug-likeness (QED) is 0.672. The summed E-state index contributed by atoms with van der Waals surface area (Å²) >= 11 is 0. The minimum Gasteiger partial charge on any atom is -0.285 e. The predicted octanol–water partition coefficient (Wildman–Crippen LogP) is 3.85. The fraction of sp³-hybridized carbons (Fsp3) is 0.200. The molecule has 0 amide bonds. The van der Waals surface area contributed by atoms with Crippen molar-refractivity contribution in [2.24, 2.45) is 0 Å². The summed E-state index contributed by atoms with van der Waals surface area (Å²) in [5.41, 5.74) is 6.61. The maximum absolute atomic E-state index is 12.1. The van der Waals surface area contributed by atoms with E-state index in [0.717, 1.165) is 22.3 Å². The van der Waals surface area contributed by atoms with Gasteiger partial charge < -0.3 is 0 Å². The lowest BCUT2D eigenvalue weighted by Crippen LogP contribution is -2.35. The van der Waals surface area contributed by atoms with Crippen LogP contribution in [0.4, 0.5) is 0 Å². The Morgan fingerprint density at radius 1 is 0.545 bits per heavy atom. The second kappa shape index (κ2) is 5.06. The van der Waals surface area contributed by atoms with E-state index in [2.05, 4.69) is 0 Å². The van der Waals surface area contributed by atoms with Crippen molar-refractivity contribution in [3.05, 3.63) is 79.1 Å². The largest absolute Gasteiger partial charge is 0.285 e. The third-order valence-electron chi connectivity index (χ3n) is 4.50. The van der Waals surface area contributed by atoms with Gasteiger partial charge in [-0.2, -0.15) is 0 Å². The molecule has 2 heteroatoms. The van der Waals surface area contributed by atoms with Crippen LogP contribution in [-0.2, 0) is 0 Å². The summed E-state index contributed by atoms with van der Waals surface area (Å²) in [4.78, 5) is 24.2. The monoisotopic (exact) mass is 290 g/mol. The zero-order chi connectivity index (χ0) is 16.0. The van der Waals surface area contributed by atoms with E-state index in [1.807, 2.05) is 64.1 Å². The Balaban J connectivity index is 2.21. The molecule has 0 bridgehead atoms. The van der Waals surface area contributed by atoms with Gasteiger partial charge in [-0.1, -0.05) is 36.4 Å². The summed E-state index contributed by atoms with van der Waals surface area (Å²) in [7, 11) is 0. The lowest BCUT2D eigenvalue weighted by molar-refractivity contribution is 1.31. The Labute approximate surface area is 129 Å². The van der Waals surface area contributed by atoms with Gasteiger partial charge in [0.15, 0.2) is 0 Å². The second-order valence-corrected chi connectivity index (χ2v) is 6.01. The molecule has 0 saturated carbocycles.